The van der Waals surface area contributed by atoms with Crippen molar-refractivity contribution in [3.8, 4) is 0 Å². The van der Waals surface area contributed by atoms with E-state index in [4.69, 9.17) is 0 Å². The molecule has 0 aliphatic carbocycles. The van der Waals surface area contributed by atoms with Gasteiger partial charge in [0.15, 0.2) is 0 Å². The minimum absolute atomic E-state index is 0.0123. The predicted molar refractivity (Wildman–Crippen MR) is 103 cm³/mol. The number of carbonyl (C=O) groups excluding carboxylic acids is 1. The first-order valence-electron chi connectivity index (χ1n) is 8.51. The molecular formula is C19H20N2O3S2. The van der Waals surface area contributed by atoms with Gasteiger partial charge in [-0.05, 0) is 17.7 Å². The molecule has 1 atom stereocenters. The summed E-state index contributed by atoms with van der Waals surface area (Å²) in [4.78, 5) is 15.4. The van der Waals surface area contributed by atoms with E-state index in [-0.39, 0.29) is 17.2 Å². The van der Waals surface area contributed by atoms with Crippen LogP contribution in [0.2, 0.25) is 0 Å². The predicted octanol–water partition coefficient (Wildman–Crippen LogP) is 2.89. The van der Waals surface area contributed by atoms with Crippen LogP contribution in [0.3, 0.4) is 0 Å². The van der Waals surface area contributed by atoms with Crippen molar-refractivity contribution in [2.24, 2.45) is 0 Å². The van der Waals surface area contributed by atoms with E-state index in [1.807, 2.05) is 36.4 Å². The lowest BCUT2D eigenvalue weighted by Gasteiger charge is -2.30. The maximum atomic E-state index is 13.2. The second-order valence-corrected chi connectivity index (χ2v) is 10.2. The van der Waals surface area contributed by atoms with Crippen LogP contribution in [0, 0.1) is 0 Å². The molecule has 2 aliphatic rings. The Kier molecular flexibility index (Phi) is 4.33. The summed E-state index contributed by atoms with van der Waals surface area (Å²) in [5, 5.41) is 0.306. The van der Waals surface area contributed by atoms with Crippen molar-refractivity contribution in [2.45, 2.75) is 34.9 Å². The summed E-state index contributed by atoms with van der Waals surface area (Å²) < 4.78 is 27.7. The van der Waals surface area contributed by atoms with E-state index in [9.17, 15) is 13.2 Å². The Morgan fingerprint density at radius 3 is 2.65 bits per heavy atom. The maximum Gasteiger partial charge on any atom is 0.243 e. The van der Waals surface area contributed by atoms with Crippen molar-refractivity contribution in [1.82, 2.24) is 4.31 Å². The van der Waals surface area contributed by atoms with Gasteiger partial charge in [-0.2, -0.15) is 4.31 Å². The Hall–Kier alpha value is -1.83. The Morgan fingerprint density at radius 2 is 1.92 bits per heavy atom. The molecule has 0 saturated carbocycles. The molecule has 0 saturated heterocycles. The average Bonchev–Trinajstić information content (AvgIpc) is 2.93. The maximum absolute atomic E-state index is 13.2. The molecule has 1 unspecified atom stereocenters. The summed E-state index contributed by atoms with van der Waals surface area (Å²) in [6.07, 6.45) is 0.157. The van der Waals surface area contributed by atoms with Gasteiger partial charge >= 0.3 is 0 Å². The molecule has 0 fully saturated rings. The Balaban J connectivity index is 1.74. The van der Waals surface area contributed by atoms with Gasteiger partial charge in [-0.15, -0.1) is 11.8 Å². The first kappa shape index (κ1) is 17.6. The third kappa shape index (κ3) is 2.84. The zero-order valence-corrected chi connectivity index (χ0v) is 16.3. The minimum atomic E-state index is -3.68. The summed E-state index contributed by atoms with van der Waals surface area (Å²) in [5.74, 6) is -0.0123. The second-order valence-electron chi connectivity index (χ2n) is 6.75. The number of benzene rings is 2. The molecule has 0 spiro atoms. The first-order valence-corrected chi connectivity index (χ1v) is 10.8. The number of amides is 1. The second kappa shape index (κ2) is 6.40. The minimum Gasteiger partial charge on any atom is -0.310 e. The Morgan fingerprint density at radius 1 is 1.19 bits per heavy atom. The zero-order chi connectivity index (χ0) is 18.5. The highest BCUT2D eigenvalue weighted by atomic mass is 32.2. The van der Waals surface area contributed by atoms with Gasteiger partial charge in [-0.1, -0.05) is 37.3 Å². The van der Waals surface area contributed by atoms with Gasteiger partial charge in [0.25, 0.3) is 0 Å². The highest BCUT2D eigenvalue weighted by molar-refractivity contribution is 8.00. The normalized spacial score (nSPS) is 19.1. The molecule has 5 nitrogen and oxygen atoms in total. The highest BCUT2D eigenvalue weighted by Crippen LogP contribution is 2.46. The molecule has 4 rings (SSSR count). The van der Waals surface area contributed by atoms with Gasteiger partial charge in [0.1, 0.15) is 0 Å². The number of anilines is 1. The van der Waals surface area contributed by atoms with Crippen LogP contribution in [0.4, 0.5) is 5.69 Å². The fourth-order valence-electron chi connectivity index (χ4n) is 3.57. The molecule has 2 aliphatic heterocycles. The van der Waals surface area contributed by atoms with Crippen LogP contribution in [-0.4, -0.2) is 37.5 Å². The fraction of sp³-hybridized carbons (Fsp3) is 0.316. The molecule has 2 aromatic carbocycles. The van der Waals surface area contributed by atoms with E-state index in [2.05, 4.69) is 6.92 Å². The summed E-state index contributed by atoms with van der Waals surface area (Å²) in [5.41, 5.74) is 2.37. The number of sulfonamides is 1. The van der Waals surface area contributed by atoms with Crippen LogP contribution in [0.1, 0.15) is 18.1 Å². The van der Waals surface area contributed by atoms with Gasteiger partial charge in [0.05, 0.1) is 17.0 Å². The van der Waals surface area contributed by atoms with E-state index in [0.29, 0.717) is 23.9 Å². The molecule has 136 valence electrons. The van der Waals surface area contributed by atoms with Crippen molar-refractivity contribution >= 4 is 33.4 Å². The molecular weight excluding hydrogens is 368 g/mol. The van der Waals surface area contributed by atoms with Crippen molar-refractivity contribution in [2.75, 3.05) is 18.5 Å². The SMILES string of the molecule is CC1CN2C(=O)Cc3c(S(=O)(=O)N(C)Cc4ccccc4)ccc(c32)S1. The largest absolute Gasteiger partial charge is 0.310 e. The smallest absolute Gasteiger partial charge is 0.243 e. The number of thioether (sulfide) groups is 1. The fourth-order valence-corrected chi connectivity index (χ4v) is 6.09. The van der Waals surface area contributed by atoms with Crippen LogP contribution >= 0.6 is 11.8 Å². The molecule has 0 N–H and O–H groups in total. The summed E-state index contributed by atoms with van der Waals surface area (Å²) >= 11 is 1.70. The number of carbonyl (C=O) groups is 1. The third-order valence-electron chi connectivity index (χ3n) is 4.81. The van der Waals surface area contributed by atoms with Crippen LogP contribution in [0.15, 0.2) is 52.3 Å². The van der Waals surface area contributed by atoms with Crippen LogP contribution < -0.4 is 4.90 Å². The van der Waals surface area contributed by atoms with Gasteiger partial charge < -0.3 is 4.90 Å². The van der Waals surface area contributed by atoms with E-state index in [0.717, 1.165) is 16.1 Å². The summed E-state index contributed by atoms with van der Waals surface area (Å²) in [6.45, 7) is 3.01. The van der Waals surface area contributed by atoms with Gasteiger partial charge in [0, 0.05) is 35.8 Å². The van der Waals surface area contributed by atoms with Crippen LogP contribution in [0.5, 0.6) is 0 Å². The van der Waals surface area contributed by atoms with E-state index < -0.39 is 10.0 Å². The third-order valence-corrected chi connectivity index (χ3v) is 7.83. The molecule has 2 aromatic rings. The zero-order valence-electron chi connectivity index (χ0n) is 14.7. The molecule has 0 radical (unpaired) electrons. The number of hydrogen-bond acceptors (Lipinski definition) is 4. The lowest BCUT2D eigenvalue weighted by atomic mass is 10.1. The quantitative estimate of drug-likeness (QED) is 0.808. The lowest BCUT2D eigenvalue weighted by Crippen LogP contribution is -2.35. The van der Waals surface area contributed by atoms with E-state index >= 15 is 0 Å². The van der Waals surface area contributed by atoms with E-state index in [1.165, 1.54) is 4.31 Å². The number of hydrogen-bond donors (Lipinski definition) is 0. The van der Waals surface area contributed by atoms with Crippen molar-refractivity contribution < 1.29 is 13.2 Å². The van der Waals surface area contributed by atoms with Crippen LogP contribution in [0.25, 0.3) is 0 Å². The van der Waals surface area contributed by atoms with E-state index in [1.54, 1.807) is 29.8 Å². The van der Waals surface area contributed by atoms with Gasteiger partial charge in [-0.3, -0.25) is 4.79 Å². The standard InChI is InChI=1S/C19H20N2O3S2/c1-13-11-21-18(22)10-15-17(9-8-16(25-13)19(15)21)26(23,24)20(2)12-14-6-4-3-5-7-14/h3-9,13H,10-12H2,1-2H3. The van der Waals surface area contributed by atoms with Gasteiger partial charge in [0.2, 0.25) is 15.9 Å². The Labute approximate surface area is 158 Å². The summed E-state index contributed by atoms with van der Waals surface area (Å²) in [6, 6.07) is 13.0. The molecule has 26 heavy (non-hydrogen) atoms. The highest BCUT2D eigenvalue weighted by Gasteiger charge is 2.39. The monoisotopic (exact) mass is 388 g/mol. The molecule has 2 heterocycles. The van der Waals surface area contributed by atoms with Crippen molar-refractivity contribution in [3.05, 3.63) is 53.6 Å². The topological polar surface area (TPSA) is 57.7 Å². The lowest BCUT2D eigenvalue weighted by molar-refractivity contribution is -0.117. The molecule has 0 bridgehead atoms. The number of rotatable bonds is 4. The van der Waals surface area contributed by atoms with Crippen molar-refractivity contribution in [1.29, 1.82) is 0 Å². The summed E-state index contributed by atoms with van der Waals surface area (Å²) in [7, 11) is -2.10. The average molecular weight is 389 g/mol. The Bertz CT molecular complexity index is 974. The molecule has 7 heteroatoms. The number of nitrogens with zero attached hydrogens (tertiary/aromatic N) is 2. The van der Waals surface area contributed by atoms with Crippen molar-refractivity contribution in [3.63, 3.8) is 0 Å². The van der Waals surface area contributed by atoms with Crippen LogP contribution in [-0.2, 0) is 27.8 Å². The molecule has 1 amide bonds. The first-order chi connectivity index (χ1) is 12.4. The molecule has 0 aromatic heterocycles. The van der Waals surface area contributed by atoms with Gasteiger partial charge in [-0.25, -0.2) is 8.42 Å².